The Balaban J connectivity index is 2.68. The van der Waals surface area contributed by atoms with Crippen LogP contribution in [0.15, 0.2) is 10.5 Å². The van der Waals surface area contributed by atoms with Crippen molar-refractivity contribution in [1.82, 2.24) is 4.98 Å². The Hall–Kier alpha value is -1.96. The molecule has 1 heterocycles. The van der Waals surface area contributed by atoms with Gasteiger partial charge in [-0.05, 0) is 6.92 Å². The summed E-state index contributed by atoms with van der Waals surface area (Å²) in [6, 6.07) is 0. The van der Waals surface area contributed by atoms with Crippen LogP contribution in [0.2, 0.25) is 0 Å². The molecule has 92 valence electrons. The van der Waals surface area contributed by atoms with E-state index in [4.69, 9.17) is 16.3 Å². The molecule has 8 heteroatoms. The minimum Gasteiger partial charge on any atom is -0.392 e. The Kier molecular flexibility index (Phi) is 4.58. The zero-order valence-corrected chi connectivity index (χ0v) is 9.94. The van der Waals surface area contributed by atoms with Crippen molar-refractivity contribution in [3.63, 3.8) is 0 Å². The van der Waals surface area contributed by atoms with Crippen LogP contribution < -0.4 is 11.5 Å². The van der Waals surface area contributed by atoms with Gasteiger partial charge in [-0.15, -0.1) is 11.3 Å². The Morgan fingerprint density at radius 3 is 2.94 bits per heavy atom. The minimum atomic E-state index is -0.502. The molecule has 1 amide bonds. The number of anilines is 1. The number of rotatable bonds is 6. The second kappa shape index (κ2) is 5.94. The van der Waals surface area contributed by atoms with E-state index < -0.39 is 12.0 Å². The van der Waals surface area contributed by atoms with Gasteiger partial charge in [0, 0.05) is 5.38 Å². The van der Waals surface area contributed by atoms with Gasteiger partial charge in [0.2, 0.25) is 5.91 Å². The number of primary amides is 1. The smallest absolute Gasteiger partial charge is 0.221 e. The molecular formula is C9H12N4O3S. The van der Waals surface area contributed by atoms with Gasteiger partial charge in [-0.2, -0.15) is 0 Å². The summed E-state index contributed by atoms with van der Waals surface area (Å²) in [5.41, 5.74) is 10.8. The molecule has 1 atom stereocenters. The maximum atomic E-state index is 10.8. The molecule has 0 saturated heterocycles. The first-order valence-electron chi connectivity index (χ1n) is 4.71. The lowest BCUT2D eigenvalue weighted by Crippen LogP contribution is -2.19. The van der Waals surface area contributed by atoms with Gasteiger partial charge < -0.3 is 16.3 Å². The van der Waals surface area contributed by atoms with Crippen LogP contribution in [0.5, 0.6) is 0 Å². The highest BCUT2D eigenvalue weighted by Gasteiger charge is 2.10. The molecule has 1 unspecified atom stereocenters. The average molecular weight is 256 g/mol. The lowest BCUT2D eigenvalue weighted by atomic mass is 10.3. The SMILES string of the molecule is CC(CC(N)=O)ON=C(C=O)c1csc(N)n1. The molecular weight excluding hydrogens is 244 g/mol. The van der Waals surface area contributed by atoms with Crippen LogP contribution in [0.3, 0.4) is 0 Å². The predicted octanol–water partition coefficient (Wildman–Crippen LogP) is -0.0912. The lowest BCUT2D eigenvalue weighted by Gasteiger charge is -2.06. The largest absolute Gasteiger partial charge is 0.392 e. The van der Waals surface area contributed by atoms with Crippen LogP contribution in [-0.2, 0) is 14.4 Å². The number of aromatic nitrogens is 1. The fourth-order valence-corrected chi connectivity index (χ4v) is 1.56. The molecule has 0 fully saturated rings. The molecule has 7 nitrogen and oxygen atoms in total. The van der Waals surface area contributed by atoms with Crippen molar-refractivity contribution >= 4 is 34.4 Å². The van der Waals surface area contributed by atoms with Gasteiger partial charge in [-0.25, -0.2) is 4.98 Å². The zero-order chi connectivity index (χ0) is 12.8. The van der Waals surface area contributed by atoms with E-state index in [1.807, 2.05) is 0 Å². The van der Waals surface area contributed by atoms with E-state index in [0.29, 0.717) is 17.1 Å². The maximum absolute atomic E-state index is 10.8. The Morgan fingerprint density at radius 1 is 1.76 bits per heavy atom. The Bertz CT molecular complexity index is 443. The number of carbonyl (C=O) groups is 2. The number of hydrogen-bond donors (Lipinski definition) is 2. The quantitative estimate of drug-likeness (QED) is 0.418. The van der Waals surface area contributed by atoms with E-state index in [-0.39, 0.29) is 12.1 Å². The van der Waals surface area contributed by atoms with E-state index in [0.717, 1.165) is 0 Å². The standard InChI is InChI=1S/C9H12N4O3S/c1-5(2-8(10)15)16-13-6(3-14)7-4-17-9(11)12-7/h3-5H,2H2,1H3,(H2,10,15)(H2,11,12). The number of oxime groups is 1. The zero-order valence-electron chi connectivity index (χ0n) is 9.12. The molecule has 0 aliphatic rings. The summed E-state index contributed by atoms with van der Waals surface area (Å²) < 4.78 is 0. The Morgan fingerprint density at radius 2 is 2.47 bits per heavy atom. The first kappa shape index (κ1) is 13.1. The average Bonchev–Trinajstić information content (AvgIpc) is 2.65. The third-order valence-corrected chi connectivity index (χ3v) is 2.39. The number of thiazole rings is 1. The molecule has 4 N–H and O–H groups in total. The van der Waals surface area contributed by atoms with Gasteiger partial charge in [0.25, 0.3) is 0 Å². The van der Waals surface area contributed by atoms with Gasteiger partial charge in [0.15, 0.2) is 17.1 Å². The topological polar surface area (TPSA) is 121 Å². The summed E-state index contributed by atoms with van der Waals surface area (Å²) in [7, 11) is 0. The van der Waals surface area contributed by atoms with Crippen LogP contribution >= 0.6 is 11.3 Å². The molecule has 0 spiro atoms. The van der Waals surface area contributed by atoms with Crippen LogP contribution in [0.1, 0.15) is 19.0 Å². The van der Waals surface area contributed by atoms with Crippen molar-refractivity contribution in [2.75, 3.05) is 5.73 Å². The Labute approximate surface area is 101 Å². The number of nitrogens with two attached hydrogens (primary N) is 2. The molecule has 17 heavy (non-hydrogen) atoms. The highest BCUT2D eigenvalue weighted by molar-refractivity contribution is 7.13. The van der Waals surface area contributed by atoms with Gasteiger partial charge in [-0.1, -0.05) is 5.16 Å². The summed E-state index contributed by atoms with van der Waals surface area (Å²) >= 11 is 1.19. The second-order valence-electron chi connectivity index (χ2n) is 3.25. The second-order valence-corrected chi connectivity index (χ2v) is 4.14. The molecule has 0 bridgehead atoms. The molecule has 1 aromatic rings. The fraction of sp³-hybridized carbons (Fsp3) is 0.333. The third-order valence-electron chi connectivity index (χ3n) is 1.72. The molecule has 1 rings (SSSR count). The number of aldehydes is 1. The van der Waals surface area contributed by atoms with Crippen LogP contribution in [0.4, 0.5) is 5.13 Å². The van der Waals surface area contributed by atoms with E-state index in [1.165, 1.54) is 11.3 Å². The van der Waals surface area contributed by atoms with Crippen LogP contribution in [0, 0.1) is 0 Å². The number of nitrogen functional groups attached to an aromatic ring is 1. The molecule has 0 aliphatic carbocycles. The normalized spacial score (nSPS) is 13.1. The van der Waals surface area contributed by atoms with E-state index in [1.54, 1.807) is 12.3 Å². The first-order chi connectivity index (χ1) is 8.02. The molecule has 0 saturated carbocycles. The van der Waals surface area contributed by atoms with Crippen molar-refractivity contribution in [3.05, 3.63) is 11.1 Å². The summed E-state index contributed by atoms with van der Waals surface area (Å²) in [5.74, 6) is -0.502. The number of hydrogen-bond acceptors (Lipinski definition) is 7. The van der Waals surface area contributed by atoms with Crippen molar-refractivity contribution in [2.24, 2.45) is 10.9 Å². The van der Waals surface area contributed by atoms with Crippen molar-refractivity contribution in [1.29, 1.82) is 0 Å². The minimum absolute atomic E-state index is 0.0225. The van der Waals surface area contributed by atoms with Crippen LogP contribution in [-0.4, -0.2) is 29.0 Å². The van der Waals surface area contributed by atoms with Crippen molar-refractivity contribution in [2.45, 2.75) is 19.4 Å². The molecule has 0 radical (unpaired) electrons. The summed E-state index contributed by atoms with van der Waals surface area (Å²) in [6.07, 6.45) is 0.0266. The molecule has 0 aromatic carbocycles. The number of carbonyl (C=O) groups excluding carboxylic acids is 2. The van der Waals surface area contributed by atoms with Gasteiger partial charge >= 0.3 is 0 Å². The van der Waals surface area contributed by atoms with Crippen molar-refractivity contribution < 1.29 is 14.4 Å². The lowest BCUT2D eigenvalue weighted by molar-refractivity contribution is -0.120. The highest BCUT2D eigenvalue weighted by Crippen LogP contribution is 2.11. The molecule has 1 aromatic heterocycles. The summed E-state index contributed by atoms with van der Waals surface area (Å²) in [4.78, 5) is 30.2. The van der Waals surface area contributed by atoms with E-state index in [9.17, 15) is 9.59 Å². The fourth-order valence-electron chi connectivity index (χ4n) is 1.00. The third kappa shape index (κ3) is 4.19. The van der Waals surface area contributed by atoms with E-state index >= 15 is 0 Å². The predicted molar refractivity (Wildman–Crippen MR) is 63.5 cm³/mol. The van der Waals surface area contributed by atoms with Crippen LogP contribution in [0.25, 0.3) is 0 Å². The monoisotopic (exact) mass is 256 g/mol. The van der Waals surface area contributed by atoms with Gasteiger partial charge in [0.05, 0.1) is 6.42 Å². The van der Waals surface area contributed by atoms with Gasteiger partial charge in [-0.3, -0.25) is 9.59 Å². The molecule has 0 aliphatic heterocycles. The summed E-state index contributed by atoms with van der Waals surface area (Å²) in [6.45, 7) is 1.62. The highest BCUT2D eigenvalue weighted by atomic mass is 32.1. The number of amides is 1. The van der Waals surface area contributed by atoms with Crippen molar-refractivity contribution in [3.8, 4) is 0 Å². The van der Waals surface area contributed by atoms with Gasteiger partial charge in [0.1, 0.15) is 11.8 Å². The van der Waals surface area contributed by atoms with E-state index in [2.05, 4.69) is 10.1 Å². The maximum Gasteiger partial charge on any atom is 0.221 e. The summed E-state index contributed by atoms with van der Waals surface area (Å²) in [5, 5.41) is 5.53. The first-order valence-corrected chi connectivity index (χ1v) is 5.59. The number of nitrogens with zero attached hydrogens (tertiary/aromatic N) is 2.